The van der Waals surface area contributed by atoms with Gasteiger partial charge in [0.1, 0.15) is 11.5 Å². The molecule has 1 N–H and O–H groups in total. The Hall–Kier alpha value is -2.00. The molecule has 3 heteroatoms. The van der Waals surface area contributed by atoms with E-state index in [-0.39, 0.29) is 6.10 Å². The van der Waals surface area contributed by atoms with Crippen LogP contribution in [-0.4, -0.2) is 18.8 Å². The average molecular weight is 269 g/mol. The van der Waals surface area contributed by atoms with E-state index in [2.05, 4.69) is 18.3 Å². The lowest BCUT2D eigenvalue weighted by molar-refractivity contribution is 0.121. The van der Waals surface area contributed by atoms with Gasteiger partial charge < -0.3 is 14.8 Å². The molecule has 2 aromatic carbocycles. The first kappa shape index (κ1) is 13.0. The van der Waals surface area contributed by atoms with Crippen LogP contribution in [0.25, 0.3) is 0 Å². The highest BCUT2D eigenvalue weighted by Gasteiger charge is 2.23. The molecular weight excluding hydrogens is 250 g/mol. The Balaban J connectivity index is 1.69. The van der Waals surface area contributed by atoms with Crippen molar-refractivity contribution in [3.63, 3.8) is 0 Å². The lowest BCUT2D eigenvalue weighted by atomic mass is 10.1. The Kier molecular flexibility index (Phi) is 3.88. The van der Waals surface area contributed by atoms with Crippen LogP contribution in [0.1, 0.15) is 13.3 Å². The van der Waals surface area contributed by atoms with Gasteiger partial charge in [-0.1, -0.05) is 24.3 Å². The Morgan fingerprint density at radius 2 is 1.85 bits per heavy atom. The SMILES string of the molecule is CC1OCCC1Nc1cccc(Oc2ccccc2)c1. The summed E-state index contributed by atoms with van der Waals surface area (Å²) in [7, 11) is 0. The first-order valence-electron chi connectivity index (χ1n) is 7.02. The van der Waals surface area contributed by atoms with Crippen molar-refractivity contribution >= 4 is 5.69 Å². The minimum absolute atomic E-state index is 0.258. The normalized spacial score (nSPS) is 21.6. The van der Waals surface area contributed by atoms with E-state index in [1.807, 2.05) is 48.5 Å². The molecule has 1 aliphatic rings. The van der Waals surface area contributed by atoms with Crippen LogP contribution in [0.4, 0.5) is 5.69 Å². The van der Waals surface area contributed by atoms with Crippen molar-refractivity contribution in [1.82, 2.24) is 0 Å². The molecule has 3 rings (SSSR count). The first-order valence-corrected chi connectivity index (χ1v) is 7.02. The van der Waals surface area contributed by atoms with Crippen molar-refractivity contribution < 1.29 is 9.47 Å². The largest absolute Gasteiger partial charge is 0.457 e. The molecule has 1 heterocycles. The van der Waals surface area contributed by atoms with E-state index >= 15 is 0 Å². The van der Waals surface area contributed by atoms with Gasteiger partial charge in [0.2, 0.25) is 0 Å². The number of rotatable bonds is 4. The predicted molar refractivity (Wildman–Crippen MR) is 80.4 cm³/mol. The molecule has 0 radical (unpaired) electrons. The molecular formula is C17H19NO2. The standard InChI is InChI=1S/C17H19NO2/c1-13-17(10-11-19-13)18-14-6-5-9-16(12-14)20-15-7-3-2-4-8-15/h2-9,12-13,17-18H,10-11H2,1H3. The summed E-state index contributed by atoms with van der Waals surface area (Å²) >= 11 is 0. The number of hydrogen-bond acceptors (Lipinski definition) is 3. The van der Waals surface area contributed by atoms with Crippen LogP contribution in [0.15, 0.2) is 54.6 Å². The highest BCUT2D eigenvalue weighted by atomic mass is 16.5. The monoisotopic (exact) mass is 269 g/mol. The third-order valence-electron chi connectivity index (χ3n) is 3.54. The predicted octanol–water partition coefficient (Wildman–Crippen LogP) is 4.07. The number of nitrogens with one attached hydrogen (secondary N) is 1. The van der Waals surface area contributed by atoms with Gasteiger partial charge in [-0.2, -0.15) is 0 Å². The molecule has 0 aliphatic carbocycles. The van der Waals surface area contributed by atoms with Gasteiger partial charge in [0.15, 0.2) is 0 Å². The maximum Gasteiger partial charge on any atom is 0.129 e. The smallest absolute Gasteiger partial charge is 0.129 e. The van der Waals surface area contributed by atoms with Crippen molar-refractivity contribution in [2.75, 3.05) is 11.9 Å². The second kappa shape index (κ2) is 5.97. The molecule has 3 nitrogen and oxygen atoms in total. The molecule has 1 fully saturated rings. The number of ether oxygens (including phenoxy) is 2. The summed E-state index contributed by atoms with van der Waals surface area (Å²) in [5.74, 6) is 1.69. The van der Waals surface area contributed by atoms with Gasteiger partial charge in [-0.05, 0) is 37.6 Å². The Bertz CT molecular complexity index is 556. The lowest BCUT2D eigenvalue weighted by Crippen LogP contribution is -2.26. The number of hydrogen-bond donors (Lipinski definition) is 1. The van der Waals surface area contributed by atoms with Crippen LogP contribution in [0.3, 0.4) is 0 Å². The van der Waals surface area contributed by atoms with Crippen molar-refractivity contribution in [1.29, 1.82) is 0 Å². The van der Waals surface area contributed by atoms with Crippen molar-refractivity contribution in [2.24, 2.45) is 0 Å². The zero-order chi connectivity index (χ0) is 13.8. The lowest BCUT2D eigenvalue weighted by Gasteiger charge is -2.18. The topological polar surface area (TPSA) is 30.5 Å². The highest BCUT2D eigenvalue weighted by molar-refractivity contribution is 5.50. The fraction of sp³-hybridized carbons (Fsp3) is 0.294. The van der Waals surface area contributed by atoms with Crippen LogP contribution < -0.4 is 10.1 Å². The first-order chi connectivity index (χ1) is 9.81. The van der Waals surface area contributed by atoms with Gasteiger partial charge in [0.25, 0.3) is 0 Å². The van der Waals surface area contributed by atoms with E-state index in [9.17, 15) is 0 Å². The van der Waals surface area contributed by atoms with Gasteiger partial charge in [-0.3, -0.25) is 0 Å². The second-order valence-corrected chi connectivity index (χ2v) is 5.06. The van der Waals surface area contributed by atoms with Crippen LogP contribution in [0, 0.1) is 0 Å². The highest BCUT2D eigenvalue weighted by Crippen LogP contribution is 2.25. The third kappa shape index (κ3) is 3.11. The summed E-state index contributed by atoms with van der Waals surface area (Å²) in [5.41, 5.74) is 1.07. The van der Waals surface area contributed by atoms with Gasteiger partial charge in [0.05, 0.1) is 12.1 Å². The van der Waals surface area contributed by atoms with Crippen LogP contribution in [0.5, 0.6) is 11.5 Å². The summed E-state index contributed by atoms with van der Waals surface area (Å²) in [6.45, 7) is 2.94. The van der Waals surface area contributed by atoms with E-state index < -0.39 is 0 Å². The van der Waals surface area contributed by atoms with Crippen molar-refractivity contribution in [3.05, 3.63) is 54.6 Å². The van der Waals surface area contributed by atoms with Gasteiger partial charge >= 0.3 is 0 Å². The second-order valence-electron chi connectivity index (χ2n) is 5.06. The van der Waals surface area contributed by atoms with Crippen molar-refractivity contribution in [2.45, 2.75) is 25.5 Å². The number of anilines is 1. The third-order valence-corrected chi connectivity index (χ3v) is 3.54. The number of para-hydroxylation sites is 1. The van der Waals surface area contributed by atoms with E-state index in [0.717, 1.165) is 30.2 Å². The zero-order valence-corrected chi connectivity index (χ0v) is 11.6. The molecule has 0 bridgehead atoms. The molecule has 1 saturated heterocycles. The molecule has 0 amide bonds. The average Bonchev–Trinajstić information content (AvgIpc) is 2.86. The van der Waals surface area contributed by atoms with E-state index in [1.54, 1.807) is 0 Å². The summed E-state index contributed by atoms with van der Waals surface area (Å²) in [6.07, 6.45) is 1.30. The number of benzene rings is 2. The van der Waals surface area contributed by atoms with Crippen LogP contribution in [0.2, 0.25) is 0 Å². The summed E-state index contributed by atoms with van der Waals surface area (Å²) in [5, 5.41) is 3.51. The zero-order valence-electron chi connectivity index (χ0n) is 11.6. The van der Waals surface area contributed by atoms with E-state index in [4.69, 9.17) is 9.47 Å². The van der Waals surface area contributed by atoms with Crippen molar-refractivity contribution in [3.8, 4) is 11.5 Å². The Morgan fingerprint density at radius 1 is 1.05 bits per heavy atom. The minimum Gasteiger partial charge on any atom is -0.457 e. The molecule has 0 saturated carbocycles. The fourth-order valence-electron chi connectivity index (χ4n) is 2.41. The Morgan fingerprint density at radius 3 is 2.60 bits per heavy atom. The summed E-state index contributed by atoms with van der Waals surface area (Å²) in [6, 6.07) is 18.2. The van der Waals surface area contributed by atoms with Gasteiger partial charge in [-0.15, -0.1) is 0 Å². The fourth-order valence-corrected chi connectivity index (χ4v) is 2.41. The Labute approximate surface area is 119 Å². The minimum atomic E-state index is 0.258. The van der Waals surface area contributed by atoms with Crippen LogP contribution in [-0.2, 0) is 4.74 Å². The van der Waals surface area contributed by atoms with Crippen LogP contribution >= 0.6 is 0 Å². The molecule has 0 spiro atoms. The molecule has 1 aliphatic heterocycles. The van der Waals surface area contributed by atoms with Gasteiger partial charge in [0, 0.05) is 18.4 Å². The van der Waals surface area contributed by atoms with E-state index in [1.165, 1.54) is 0 Å². The maximum atomic E-state index is 5.84. The molecule has 104 valence electrons. The van der Waals surface area contributed by atoms with E-state index in [0.29, 0.717) is 6.04 Å². The molecule has 20 heavy (non-hydrogen) atoms. The maximum absolute atomic E-state index is 5.84. The molecule has 2 atom stereocenters. The summed E-state index contributed by atoms with van der Waals surface area (Å²) < 4.78 is 11.4. The van der Waals surface area contributed by atoms with Gasteiger partial charge in [-0.25, -0.2) is 0 Å². The molecule has 2 unspecified atom stereocenters. The quantitative estimate of drug-likeness (QED) is 0.907. The summed E-state index contributed by atoms with van der Waals surface area (Å²) in [4.78, 5) is 0. The molecule has 0 aromatic heterocycles. The molecule has 2 aromatic rings.